The molecule has 0 amide bonds. The third kappa shape index (κ3) is 6.29. The van der Waals surface area contributed by atoms with Crippen LogP contribution in [-0.2, 0) is 11.4 Å². The van der Waals surface area contributed by atoms with Crippen molar-refractivity contribution in [2.24, 2.45) is 5.73 Å². The summed E-state index contributed by atoms with van der Waals surface area (Å²) in [5.41, 5.74) is 9.61. The van der Waals surface area contributed by atoms with Crippen molar-refractivity contribution in [3.8, 4) is 34.8 Å². The highest BCUT2D eigenvalue weighted by Gasteiger charge is 2.32. The summed E-state index contributed by atoms with van der Waals surface area (Å²) in [5.74, 6) is 0.502. The first-order valence-corrected chi connectivity index (χ1v) is 13.0. The molecule has 0 fully saturated rings. The number of benzene rings is 4. The first kappa shape index (κ1) is 28.1. The number of nitriles is 1. The van der Waals surface area contributed by atoms with E-state index in [0.29, 0.717) is 34.1 Å². The van der Waals surface area contributed by atoms with E-state index in [1.165, 1.54) is 19.2 Å². The molecule has 0 spiro atoms. The molecular formula is C33H27FN2O6. The number of carbonyl (C=O) groups excluding carboxylic acids is 1. The molecule has 212 valence electrons. The number of carbonyl (C=O) groups is 1. The van der Waals surface area contributed by atoms with Gasteiger partial charge in [-0.25, -0.2) is 9.18 Å². The summed E-state index contributed by atoms with van der Waals surface area (Å²) in [7, 11) is 1.51. The largest absolute Gasteiger partial charge is 0.493 e. The molecule has 1 heterocycles. The van der Waals surface area contributed by atoms with Gasteiger partial charge in [-0.15, -0.1) is 0 Å². The molecule has 0 aromatic heterocycles. The van der Waals surface area contributed by atoms with E-state index in [1.807, 2.05) is 25.1 Å². The Labute approximate surface area is 242 Å². The first-order valence-electron chi connectivity index (χ1n) is 13.0. The van der Waals surface area contributed by atoms with Gasteiger partial charge in [0.15, 0.2) is 18.1 Å². The minimum Gasteiger partial charge on any atom is -0.493 e. The highest BCUT2D eigenvalue weighted by Crippen LogP contribution is 2.45. The van der Waals surface area contributed by atoms with Crippen molar-refractivity contribution in [3.63, 3.8) is 0 Å². The zero-order valence-electron chi connectivity index (χ0n) is 22.9. The number of nitrogens with two attached hydrogens (primary N) is 1. The number of aryl methyl sites for hydroxylation is 1. The fourth-order valence-corrected chi connectivity index (χ4v) is 4.50. The summed E-state index contributed by atoms with van der Waals surface area (Å²) in [5, 5.41) is 9.94. The Morgan fingerprint density at radius 2 is 1.69 bits per heavy atom. The van der Waals surface area contributed by atoms with E-state index < -0.39 is 11.9 Å². The predicted octanol–water partition coefficient (Wildman–Crippen LogP) is 5.92. The highest BCUT2D eigenvalue weighted by molar-refractivity contribution is 5.74. The van der Waals surface area contributed by atoms with Crippen LogP contribution in [0.25, 0.3) is 0 Å². The standard InChI is InChI=1S/C33H27FN2O6/c1-20-3-10-24(11-4-20)39-19-31(37)41-25-12-13-26-29(16-25)42-33(36)27(17-35)32(26)22-7-14-28(30(15-22)38-2)40-18-21-5-8-23(34)9-6-21/h3-16,32H,18-19,36H2,1-2H3. The van der Waals surface area contributed by atoms with Gasteiger partial charge in [0.05, 0.1) is 13.0 Å². The van der Waals surface area contributed by atoms with Crippen molar-refractivity contribution in [1.82, 2.24) is 0 Å². The van der Waals surface area contributed by atoms with Crippen LogP contribution in [-0.4, -0.2) is 19.7 Å². The average Bonchev–Trinajstić information content (AvgIpc) is 2.99. The van der Waals surface area contributed by atoms with Gasteiger partial charge in [0.2, 0.25) is 5.88 Å². The van der Waals surface area contributed by atoms with Crippen LogP contribution in [0.1, 0.15) is 28.2 Å². The number of allylic oxidation sites excluding steroid dienone is 1. The van der Waals surface area contributed by atoms with E-state index >= 15 is 0 Å². The molecule has 1 atom stereocenters. The minimum absolute atomic E-state index is 0.0585. The van der Waals surface area contributed by atoms with Gasteiger partial charge in [0, 0.05) is 11.6 Å². The number of fused-ring (bicyclic) bond motifs is 1. The predicted molar refractivity (Wildman–Crippen MR) is 152 cm³/mol. The summed E-state index contributed by atoms with van der Waals surface area (Å²) in [6.45, 7) is 1.89. The van der Waals surface area contributed by atoms with Gasteiger partial charge in [-0.05, 0) is 60.5 Å². The molecule has 0 aliphatic carbocycles. The van der Waals surface area contributed by atoms with Crippen molar-refractivity contribution in [2.75, 3.05) is 13.7 Å². The topological polar surface area (TPSA) is 113 Å². The summed E-state index contributed by atoms with van der Waals surface area (Å²) >= 11 is 0. The second kappa shape index (κ2) is 12.4. The van der Waals surface area contributed by atoms with Crippen LogP contribution in [0.15, 0.2) is 96.4 Å². The smallest absolute Gasteiger partial charge is 0.349 e. The molecule has 0 saturated carbocycles. The lowest BCUT2D eigenvalue weighted by Crippen LogP contribution is -2.21. The summed E-state index contributed by atoms with van der Waals surface area (Å²) in [6.07, 6.45) is 0. The van der Waals surface area contributed by atoms with Gasteiger partial charge in [-0.3, -0.25) is 0 Å². The number of esters is 1. The van der Waals surface area contributed by atoms with Crippen molar-refractivity contribution in [2.45, 2.75) is 19.4 Å². The number of rotatable bonds is 9. The van der Waals surface area contributed by atoms with Gasteiger partial charge in [-0.2, -0.15) is 5.26 Å². The number of methoxy groups -OCH3 is 1. The molecule has 1 unspecified atom stereocenters. The maximum Gasteiger partial charge on any atom is 0.349 e. The average molecular weight is 567 g/mol. The normalized spacial score (nSPS) is 13.8. The van der Waals surface area contributed by atoms with E-state index in [2.05, 4.69) is 6.07 Å². The van der Waals surface area contributed by atoms with Crippen molar-refractivity contribution >= 4 is 5.97 Å². The number of hydrogen-bond acceptors (Lipinski definition) is 8. The molecule has 0 radical (unpaired) electrons. The zero-order chi connectivity index (χ0) is 29.6. The maximum absolute atomic E-state index is 13.2. The summed E-state index contributed by atoms with van der Waals surface area (Å²) in [4.78, 5) is 12.4. The lowest BCUT2D eigenvalue weighted by molar-refractivity contribution is -0.136. The third-order valence-corrected chi connectivity index (χ3v) is 6.63. The lowest BCUT2D eigenvalue weighted by Gasteiger charge is -2.27. The Bertz CT molecular complexity index is 1680. The molecule has 0 saturated heterocycles. The lowest BCUT2D eigenvalue weighted by atomic mass is 9.83. The van der Waals surface area contributed by atoms with Crippen LogP contribution in [0, 0.1) is 24.1 Å². The van der Waals surface area contributed by atoms with Gasteiger partial charge < -0.3 is 29.4 Å². The van der Waals surface area contributed by atoms with Gasteiger partial charge in [0.1, 0.15) is 41.3 Å². The van der Waals surface area contributed by atoms with Crippen molar-refractivity contribution < 1.29 is 32.9 Å². The monoisotopic (exact) mass is 566 g/mol. The first-order chi connectivity index (χ1) is 20.3. The van der Waals surface area contributed by atoms with E-state index in [9.17, 15) is 14.4 Å². The molecular weight excluding hydrogens is 539 g/mol. The van der Waals surface area contributed by atoms with Gasteiger partial charge in [0.25, 0.3) is 0 Å². The van der Waals surface area contributed by atoms with Crippen molar-refractivity contribution in [3.05, 3.63) is 124 Å². The van der Waals surface area contributed by atoms with Crippen molar-refractivity contribution in [1.29, 1.82) is 5.26 Å². The van der Waals surface area contributed by atoms with Crippen LogP contribution < -0.4 is 29.4 Å². The number of nitrogens with zero attached hydrogens (tertiary/aromatic N) is 1. The quantitative estimate of drug-likeness (QED) is 0.196. The SMILES string of the molecule is COc1cc(C2C(C#N)=C(N)Oc3cc(OC(=O)COc4ccc(C)cc4)ccc32)ccc1OCc1ccc(F)cc1. The third-order valence-electron chi connectivity index (χ3n) is 6.63. The van der Waals surface area contributed by atoms with Crippen LogP contribution >= 0.6 is 0 Å². The van der Waals surface area contributed by atoms with Crippen LogP contribution in [0.3, 0.4) is 0 Å². The number of hydrogen-bond donors (Lipinski definition) is 1. The van der Waals surface area contributed by atoms with E-state index in [1.54, 1.807) is 54.6 Å². The number of ether oxygens (including phenoxy) is 5. The van der Waals surface area contributed by atoms with E-state index in [0.717, 1.165) is 11.1 Å². The molecule has 1 aliphatic heterocycles. The molecule has 4 aromatic carbocycles. The molecule has 42 heavy (non-hydrogen) atoms. The van der Waals surface area contributed by atoms with Crippen LogP contribution in [0.4, 0.5) is 4.39 Å². The Morgan fingerprint density at radius 3 is 2.40 bits per heavy atom. The fraction of sp³-hybridized carbons (Fsp3) is 0.152. The molecule has 0 bridgehead atoms. The Kier molecular flexibility index (Phi) is 8.25. The van der Waals surface area contributed by atoms with E-state index in [4.69, 9.17) is 29.4 Å². The van der Waals surface area contributed by atoms with Gasteiger partial charge in [-0.1, -0.05) is 42.0 Å². The molecule has 2 N–H and O–H groups in total. The van der Waals surface area contributed by atoms with Gasteiger partial charge >= 0.3 is 5.97 Å². The summed E-state index contributed by atoms with van der Waals surface area (Å²) in [6, 6.07) is 25.7. The number of halogens is 1. The Hall–Kier alpha value is -5.49. The molecule has 1 aliphatic rings. The maximum atomic E-state index is 13.2. The zero-order valence-corrected chi connectivity index (χ0v) is 22.9. The summed E-state index contributed by atoms with van der Waals surface area (Å²) < 4.78 is 41.4. The highest BCUT2D eigenvalue weighted by atomic mass is 19.1. The molecule has 5 rings (SSSR count). The van der Waals surface area contributed by atoms with Crippen LogP contribution in [0.5, 0.6) is 28.7 Å². The molecule has 9 heteroatoms. The molecule has 4 aromatic rings. The minimum atomic E-state index is -0.593. The molecule has 8 nitrogen and oxygen atoms in total. The Morgan fingerprint density at radius 1 is 0.952 bits per heavy atom. The van der Waals surface area contributed by atoms with E-state index in [-0.39, 0.29) is 36.2 Å². The Balaban J connectivity index is 1.35. The fourth-order valence-electron chi connectivity index (χ4n) is 4.50. The van der Waals surface area contributed by atoms with Crippen LogP contribution in [0.2, 0.25) is 0 Å². The second-order valence-electron chi connectivity index (χ2n) is 9.53. The second-order valence-corrected chi connectivity index (χ2v) is 9.53.